The Kier molecular flexibility index (Phi) is 4.84. The molecule has 88 valence electrons. The van der Waals surface area contributed by atoms with Gasteiger partial charge in [-0.1, -0.05) is 0 Å². The molecule has 1 aromatic rings. The van der Waals surface area contributed by atoms with Crippen LogP contribution >= 0.6 is 0 Å². The molecule has 1 heterocycles. The second kappa shape index (κ2) is 6.16. The van der Waals surface area contributed by atoms with Crippen LogP contribution in [0.25, 0.3) is 0 Å². The minimum atomic E-state index is -0.771. The second-order valence-corrected chi connectivity index (χ2v) is 4.78. The number of primary amides is 1. The molecule has 0 spiro atoms. The summed E-state index contributed by atoms with van der Waals surface area (Å²) in [5.74, 6) is 0.632. The Balaban J connectivity index is 2.38. The molecule has 0 aliphatic heterocycles. The van der Waals surface area contributed by atoms with E-state index >= 15 is 0 Å². The first-order chi connectivity index (χ1) is 7.59. The summed E-state index contributed by atoms with van der Waals surface area (Å²) in [6, 6.07) is 3.14. The van der Waals surface area contributed by atoms with E-state index in [1.807, 2.05) is 0 Å². The molecule has 0 saturated heterocycles. The molecule has 1 unspecified atom stereocenters. The number of anilines is 1. The highest BCUT2D eigenvalue weighted by Gasteiger charge is 2.02. The van der Waals surface area contributed by atoms with E-state index in [-0.39, 0.29) is 5.69 Å². The molecule has 3 N–H and O–H groups in total. The first kappa shape index (κ1) is 12.6. The van der Waals surface area contributed by atoms with Gasteiger partial charge in [0.25, 0.3) is 5.91 Å². The van der Waals surface area contributed by atoms with Crippen LogP contribution in [0.15, 0.2) is 12.1 Å². The van der Waals surface area contributed by atoms with Crippen LogP contribution in [0.2, 0.25) is 0 Å². The molecule has 16 heavy (non-hydrogen) atoms. The van der Waals surface area contributed by atoms with Crippen LogP contribution in [0, 0.1) is 0 Å². The average molecular weight is 242 g/mol. The van der Waals surface area contributed by atoms with E-state index in [4.69, 9.17) is 5.73 Å². The molecule has 1 rings (SSSR count). The molecule has 1 atom stereocenters. The molecule has 1 amide bonds. The van der Waals surface area contributed by atoms with Gasteiger partial charge in [-0.05, 0) is 18.6 Å². The van der Waals surface area contributed by atoms with E-state index in [9.17, 15) is 9.00 Å². The van der Waals surface area contributed by atoms with Gasteiger partial charge >= 0.3 is 0 Å². The Labute approximate surface area is 96.1 Å². The van der Waals surface area contributed by atoms with Gasteiger partial charge in [-0.2, -0.15) is 0 Å². The van der Waals surface area contributed by atoms with Crippen molar-refractivity contribution in [1.82, 2.24) is 10.2 Å². The lowest BCUT2D eigenvalue weighted by molar-refractivity contribution is 0.0994. The maximum absolute atomic E-state index is 10.8. The Morgan fingerprint density at radius 3 is 2.75 bits per heavy atom. The average Bonchev–Trinajstić information content (AvgIpc) is 2.25. The number of hydrogen-bond donors (Lipinski definition) is 2. The van der Waals surface area contributed by atoms with Gasteiger partial charge in [0.05, 0.1) is 0 Å². The van der Waals surface area contributed by atoms with E-state index < -0.39 is 16.7 Å². The van der Waals surface area contributed by atoms with E-state index in [0.29, 0.717) is 18.1 Å². The van der Waals surface area contributed by atoms with Gasteiger partial charge in [0.2, 0.25) is 0 Å². The Hall–Kier alpha value is -1.50. The molecule has 0 bridgehead atoms. The van der Waals surface area contributed by atoms with Crippen LogP contribution in [0.1, 0.15) is 16.9 Å². The van der Waals surface area contributed by atoms with Gasteiger partial charge in [-0.25, -0.2) is 0 Å². The number of amides is 1. The zero-order valence-corrected chi connectivity index (χ0v) is 9.79. The highest BCUT2D eigenvalue weighted by molar-refractivity contribution is 7.84. The quantitative estimate of drug-likeness (QED) is 0.671. The fourth-order valence-electron chi connectivity index (χ4n) is 1.05. The molecule has 0 aromatic carbocycles. The maximum Gasteiger partial charge on any atom is 0.269 e. The van der Waals surface area contributed by atoms with Crippen LogP contribution in [0.3, 0.4) is 0 Å². The number of nitrogens with one attached hydrogen (secondary N) is 1. The smallest absolute Gasteiger partial charge is 0.269 e. The summed E-state index contributed by atoms with van der Waals surface area (Å²) in [4.78, 5) is 10.7. The molecule has 0 radical (unpaired) electrons. The lowest BCUT2D eigenvalue weighted by atomic mass is 10.3. The summed E-state index contributed by atoms with van der Waals surface area (Å²) in [6.45, 7) is 0.671. The van der Waals surface area contributed by atoms with Crippen LogP contribution < -0.4 is 11.1 Å². The van der Waals surface area contributed by atoms with Crippen LogP contribution in [-0.2, 0) is 10.8 Å². The molecule has 6 nitrogen and oxygen atoms in total. The predicted molar refractivity (Wildman–Crippen MR) is 62.6 cm³/mol. The van der Waals surface area contributed by atoms with Gasteiger partial charge in [0, 0.05) is 29.4 Å². The maximum atomic E-state index is 10.8. The van der Waals surface area contributed by atoms with Crippen molar-refractivity contribution in [3.05, 3.63) is 17.8 Å². The highest BCUT2D eigenvalue weighted by atomic mass is 32.2. The van der Waals surface area contributed by atoms with Crippen molar-refractivity contribution < 1.29 is 9.00 Å². The summed E-state index contributed by atoms with van der Waals surface area (Å²) in [6.07, 6.45) is 2.46. The van der Waals surface area contributed by atoms with Crippen molar-refractivity contribution in [2.24, 2.45) is 5.73 Å². The largest absolute Gasteiger partial charge is 0.369 e. The van der Waals surface area contributed by atoms with Crippen LogP contribution in [-0.4, -0.2) is 38.9 Å². The first-order valence-corrected chi connectivity index (χ1v) is 6.50. The second-order valence-electron chi connectivity index (χ2n) is 3.23. The molecule has 1 aromatic heterocycles. The number of carbonyl (C=O) groups is 1. The summed E-state index contributed by atoms with van der Waals surface area (Å²) in [5.41, 5.74) is 5.16. The molecular formula is C9H14N4O2S. The molecular weight excluding hydrogens is 228 g/mol. The SMILES string of the molecule is CS(=O)CCCNc1ccc(C(N)=O)nn1. The van der Waals surface area contributed by atoms with Gasteiger partial charge < -0.3 is 11.1 Å². The summed E-state index contributed by atoms with van der Waals surface area (Å²) in [7, 11) is -0.771. The molecule has 0 aliphatic rings. The van der Waals surface area contributed by atoms with Crippen molar-refractivity contribution in [1.29, 1.82) is 0 Å². The van der Waals surface area contributed by atoms with Crippen molar-refractivity contribution in [3.63, 3.8) is 0 Å². The van der Waals surface area contributed by atoms with Crippen molar-refractivity contribution >= 4 is 22.5 Å². The summed E-state index contributed by atoms with van der Waals surface area (Å²) >= 11 is 0. The normalized spacial score (nSPS) is 12.1. The molecule has 0 fully saturated rings. The topological polar surface area (TPSA) is 98.0 Å². The van der Waals surface area contributed by atoms with Crippen molar-refractivity contribution in [2.75, 3.05) is 23.9 Å². The Bertz CT molecular complexity index is 380. The number of nitrogens with two attached hydrogens (primary N) is 1. The monoisotopic (exact) mass is 242 g/mol. The van der Waals surface area contributed by atoms with Crippen LogP contribution in [0.4, 0.5) is 5.82 Å². The van der Waals surface area contributed by atoms with Gasteiger partial charge in [-0.15, -0.1) is 10.2 Å². The summed E-state index contributed by atoms with van der Waals surface area (Å²) < 4.78 is 10.8. The lowest BCUT2D eigenvalue weighted by Crippen LogP contribution is -2.14. The van der Waals surface area contributed by atoms with Gasteiger partial charge in [0.15, 0.2) is 5.69 Å². The number of aromatic nitrogens is 2. The van der Waals surface area contributed by atoms with E-state index in [1.54, 1.807) is 12.3 Å². The lowest BCUT2D eigenvalue weighted by Gasteiger charge is -2.03. The molecule has 7 heteroatoms. The minimum absolute atomic E-state index is 0.139. The first-order valence-electron chi connectivity index (χ1n) is 4.77. The minimum Gasteiger partial charge on any atom is -0.369 e. The van der Waals surface area contributed by atoms with Crippen molar-refractivity contribution in [3.8, 4) is 0 Å². The number of nitrogens with zero attached hydrogens (tertiary/aromatic N) is 2. The zero-order valence-electron chi connectivity index (χ0n) is 8.97. The van der Waals surface area contributed by atoms with Gasteiger partial charge in [-0.3, -0.25) is 9.00 Å². The third-order valence-corrected chi connectivity index (χ3v) is 2.70. The highest BCUT2D eigenvalue weighted by Crippen LogP contribution is 2.01. The Morgan fingerprint density at radius 2 is 2.25 bits per heavy atom. The number of carbonyl (C=O) groups excluding carboxylic acids is 1. The Morgan fingerprint density at radius 1 is 1.50 bits per heavy atom. The third-order valence-electron chi connectivity index (χ3n) is 1.83. The molecule has 0 aliphatic carbocycles. The summed E-state index contributed by atoms with van der Waals surface area (Å²) in [5, 5.41) is 10.4. The van der Waals surface area contributed by atoms with E-state index in [2.05, 4.69) is 15.5 Å². The van der Waals surface area contributed by atoms with Crippen LogP contribution in [0.5, 0.6) is 0 Å². The van der Waals surface area contributed by atoms with Gasteiger partial charge in [0.1, 0.15) is 5.82 Å². The van der Waals surface area contributed by atoms with Crippen molar-refractivity contribution in [2.45, 2.75) is 6.42 Å². The van der Waals surface area contributed by atoms with E-state index in [1.165, 1.54) is 6.07 Å². The van der Waals surface area contributed by atoms with E-state index in [0.717, 1.165) is 6.42 Å². The fourth-order valence-corrected chi connectivity index (χ4v) is 1.60. The standard InChI is InChI=1S/C9H14N4O2S/c1-16(15)6-2-5-11-8-4-3-7(9(10)14)12-13-8/h3-4H,2,5-6H2,1H3,(H2,10,14)(H,11,13). The fraction of sp³-hybridized carbons (Fsp3) is 0.444. The number of hydrogen-bond acceptors (Lipinski definition) is 5. The number of rotatable bonds is 6. The molecule has 0 saturated carbocycles. The zero-order chi connectivity index (χ0) is 12.0. The predicted octanol–water partition coefficient (Wildman–Crippen LogP) is -0.244. The third kappa shape index (κ3) is 4.35.